The monoisotopic (exact) mass is 276 g/mol. The van der Waals surface area contributed by atoms with Gasteiger partial charge in [-0.1, -0.05) is 6.07 Å². The lowest BCUT2D eigenvalue weighted by Crippen LogP contribution is -2.08. The van der Waals surface area contributed by atoms with Gasteiger partial charge >= 0.3 is 0 Å². The van der Waals surface area contributed by atoms with Crippen molar-refractivity contribution >= 4 is 30.5 Å². The SMILES string of the molecule is Cl.Cl.Nc1cccc(OCCn2cncn2)c1. The van der Waals surface area contributed by atoms with Crippen molar-refractivity contribution in [3.63, 3.8) is 0 Å². The number of ether oxygens (including phenoxy) is 1. The van der Waals surface area contributed by atoms with Gasteiger partial charge in [0.05, 0.1) is 6.54 Å². The Labute approximate surface area is 112 Å². The van der Waals surface area contributed by atoms with Crippen LogP contribution < -0.4 is 10.5 Å². The molecular weight excluding hydrogens is 263 g/mol. The van der Waals surface area contributed by atoms with Crippen LogP contribution in [0.3, 0.4) is 0 Å². The molecule has 0 aliphatic carbocycles. The molecule has 1 heterocycles. The third kappa shape index (κ3) is 4.93. The summed E-state index contributed by atoms with van der Waals surface area (Å²) in [6.07, 6.45) is 3.16. The van der Waals surface area contributed by atoms with E-state index in [9.17, 15) is 0 Å². The van der Waals surface area contributed by atoms with Crippen LogP contribution >= 0.6 is 24.8 Å². The maximum Gasteiger partial charge on any atom is 0.137 e. The minimum atomic E-state index is 0. The number of halogens is 2. The number of rotatable bonds is 4. The van der Waals surface area contributed by atoms with E-state index < -0.39 is 0 Å². The second-order valence-corrected chi connectivity index (χ2v) is 3.08. The molecule has 0 bridgehead atoms. The van der Waals surface area contributed by atoms with Gasteiger partial charge in [0.15, 0.2) is 0 Å². The Balaban J connectivity index is 0.00000128. The zero-order valence-electron chi connectivity index (χ0n) is 9.02. The smallest absolute Gasteiger partial charge is 0.137 e. The fourth-order valence-electron chi connectivity index (χ4n) is 1.21. The molecule has 17 heavy (non-hydrogen) atoms. The van der Waals surface area contributed by atoms with Crippen molar-refractivity contribution in [2.24, 2.45) is 0 Å². The molecule has 0 spiro atoms. The Kier molecular flexibility index (Phi) is 7.09. The van der Waals surface area contributed by atoms with Crippen molar-refractivity contribution in [2.45, 2.75) is 6.54 Å². The van der Waals surface area contributed by atoms with Crippen LogP contribution in [0, 0.1) is 0 Å². The first-order valence-corrected chi connectivity index (χ1v) is 4.65. The van der Waals surface area contributed by atoms with E-state index in [-0.39, 0.29) is 24.8 Å². The number of benzene rings is 1. The van der Waals surface area contributed by atoms with Crippen LogP contribution in [-0.2, 0) is 6.54 Å². The van der Waals surface area contributed by atoms with E-state index in [1.807, 2.05) is 18.2 Å². The molecule has 1 aromatic heterocycles. The van der Waals surface area contributed by atoms with Gasteiger partial charge in [-0.15, -0.1) is 24.8 Å². The summed E-state index contributed by atoms with van der Waals surface area (Å²) < 4.78 is 7.21. The van der Waals surface area contributed by atoms with E-state index in [2.05, 4.69) is 10.1 Å². The lowest BCUT2D eigenvalue weighted by atomic mass is 10.3. The normalized spacial score (nSPS) is 8.94. The third-order valence-corrected chi connectivity index (χ3v) is 1.91. The molecule has 0 amide bonds. The number of anilines is 1. The number of nitrogens with two attached hydrogens (primary N) is 1. The van der Waals surface area contributed by atoms with Crippen LogP contribution in [0.2, 0.25) is 0 Å². The number of nitrogen functional groups attached to an aromatic ring is 1. The van der Waals surface area contributed by atoms with Crippen LogP contribution in [0.1, 0.15) is 0 Å². The highest BCUT2D eigenvalue weighted by Crippen LogP contribution is 2.14. The molecule has 1 aromatic carbocycles. The predicted octanol–water partition coefficient (Wildman–Crippen LogP) is 1.78. The summed E-state index contributed by atoms with van der Waals surface area (Å²) in [5, 5.41) is 3.97. The average molecular weight is 277 g/mol. The van der Waals surface area contributed by atoms with E-state index in [0.29, 0.717) is 18.8 Å². The lowest BCUT2D eigenvalue weighted by molar-refractivity contribution is 0.291. The molecule has 0 radical (unpaired) electrons. The van der Waals surface area contributed by atoms with Gasteiger partial charge in [-0.25, -0.2) is 9.67 Å². The van der Waals surface area contributed by atoms with E-state index >= 15 is 0 Å². The Morgan fingerprint density at radius 3 is 2.76 bits per heavy atom. The van der Waals surface area contributed by atoms with E-state index in [4.69, 9.17) is 10.5 Å². The third-order valence-electron chi connectivity index (χ3n) is 1.91. The van der Waals surface area contributed by atoms with Gasteiger partial charge in [0.25, 0.3) is 0 Å². The summed E-state index contributed by atoms with van der Waals surface area (Å²) in [4.78, 5) is 3.84. The second-order valence-electron chi connectivity index (χ2n) is 3.08. The van der Waals surface area contributed by atoms with Crippen LogP contribution in [0.25, 0.3) is 0 Å². The summed E-state index contributed by atoms with van der Waals surface area (Å²) >= 11 is 0. The maximum absolute atomic E-state index is 5.62. The number of nitrogens with zero attached hydrogens (tertiary/aromatic N) is 3. The van der Waals surface area contributed by atoms with Gasteiger partial charge in [0, 0.05) is 11.8 Å². The predicted molar refractivity (Wildman–Crippen MR) is 70.9 cm³/mol. The molecule has 2 N–H and O–H groups in total. The Bertz CT molecular complexity index is 422. The molecule has 7 heteroatoms. The summed E-state index contributed by atoms with van der Waals surface area (Å²) in [5.74, 6) is 0.773. The molecule has 0 atom stereocenters. The molecule has 0 aliphatic rings. The van der Waals surface area contributed by atoms with Crippen molar-refractivity contribution in [3.05, 3.63) is 36.9 Å². The quantitative estimate of drug-likeness (QED) is 0.865. The maximum atomic E-state index is 5.62. The van der Waals surface area contributed by atoms with E-state index in [1.165, 1.54) is 6.33 Å². The van der Waals surface area contributed by atoms with E-state index in [1.54, 1.807) is 17.1 Å². The standard InChI is InChI=1S/C10H12N4O.2ClH/c11-9-2-1-3-10(6-9)15-5-4-14-8-12-7-13-14;;/h1-3,6-8H,4-5,11H2;2*1H. The minimum absolute atomic E-state index is 0. The van der Waals surface area contributed by atoms with Crippen molar-refractivity contribution < 1.29 is 4.74 Å². The zero-order chi connectivity index (χ0) is 10.5. The number of hydrogen-bond acceptors (Lipinski definition) is 4. The molecule has 0 saturated heterocycles. The molecule has 0 aliphatic heterocycles. The molecule has 2 aromatic rings. The second kappa shape index (κ2) is 7.76. The zero-order valence-corrected chi connectivity index (χ0v) is 10.7. The van der Waals surface area contributed by atoms with Crippen LogP contribution in [0.4, 0.5) is 5.69 Å². The molecule has 2 rings (SSSR count). The van der Waals surface area contributed by atoms with Crippen molar-refractivity contribution in [1.29, 1.82) is 0 Å². The first kappa shape index (κ1) is 15.5. The van der Waals surface area contributed by atoms with Crippen molar-refractivity contribution in [3.8, 4) is 5.75 Å². The molecule has 5 nitrogen and oxygen atoms in total. The van der Waals surface area contributed by atoms with Gasteiger partial charge < -0.3 is 10.5 Å². The van der Waals surface area contributed by atoms with Crippen molar-refractivity contribution in [1.82, 2.24) is 14.8 Å². The fourth-order valence-corrected chi connectivity index (χ4v) is 1.21. The van der Waals surface area contributed by atoms with E-state index in [0.717, 1.165) is 5.75 Å². The Morgan fingerprint density at radius 1 is 1.29 bits per heavy atom. The summed E-state index contributed by atoms with van der Waals surface area (Å²) in [5.41, 5.74) is 6.32. The summed E-state index contributed by atoms with van der Waals surface area (Å²) in [6, 6.07) is 7.35. The van der Waals surface area contributed by atoms with Gasteiger partial charge in [0.2, 0.25) is 0 Å². The van der Waals surface area contributed by atoms with Gasteiger partial charge in [-0.3, -0.25) is 0 Å². The first-order chi connectivity index (χ1) is 7.34. The lowest BCUT2D eigenvalue weighted by Gasteiger charge is -2.06. The molecule has 0 fully saturated rings. The Hall–Kier alpha value is -1.46. The highest BCUT2D eigenvalue weighted by atomic mass is 35.5. The highest BCUT2D eigenvalue weighted by Gasteiger charge is 1.95. The summed E-state index contributed by atoms with van der Waals surface area (Å²) in [7, 11) is 0. The molecule has 0 saturated carbocycles. The van der Waals surface area contributed by atoms with Crippen LogP contribution in [-0.4, -0.2) is 21.4 Å². The highest BCUT2D eigenvalue weighted by molar-refractivity contribution is 5.85. The largest absolute Gasteiger partial charge is 0.492 e. The minimum Gasteiger partial charge on any atom is -0.492 e. The average Bonchev–Trinajstić information content (AvgIpc) is 2.71. The van der Waals surface area contributed by atoms with Crippen LogP contribution in [0.15, 0.2) is 36.9 Å². The first-order valence-electron chi connectivity index (χ1n) is 4.65. The molecule has 0 unspecified atom stereocenters. The number of hydrogen-bond donors (Lipinski definition) is 1. The van der Waals surface area contributed by atoms with Crippen molar-refractivity contribution in [2.75, 3.05) is 12.3 Å². The number of aromatic nitrogens is 3. The molecule has 94 valence electrons. The molecular formula is C10H14Cl2N4O. The van der Waals surface area contributed by atoms with Gasteiger partial charge in [-0.05, 0) is 12.1 Å². The van der Waals surface area contributed by atoms with Gasteiger partial charge in [0.1, 0.15) is 25.0 Å². The topological polar surface area (TPSA) is 66.0 Å². The fraction of sp³-hybridized carbons (Fsp3) is 0.200. The van der Waals surface area contributed by atoms with Gasteiger partial charge in [-0.2, -0.15) is 5.10 Å². The summed E-state index contributed by atoms with van der Waals surface area (Å²) in [6.45, 7) is 1.22. The Morgan fingerprint density at radius 2 is 2.12 bits per heavy atom. The van der Waals surface area contributed by atoms with Crippen LogP contribution in [0.5, 0.6) is 5.75 Å².